The Morgan fingerprint density at radius 3 is 2.56 bits per heavy atom. The van der Waals surface area contributed by atoms with Crippen molar-refractivity contribution in [1.29, 1.82) is 0 Å². The number of aromatic carboxylic acids is 1. The number of rotatable bonds is 4. The van der Waals surface area contributed by atoms with Gasteiger partial charge in [-0.25, -0.2) is 4.79 Å². The molecule has 0 heterocycles. The quantitative estimate of drug-likeness (QED) is 0.919. The van der Waals surface area contributed by atoms with Crippen molar-refractivity contribution in [2.75, 3.05) is 18.5 Å². The first kappa shape index (κ1) is 14.6. The number of hydrogen-bond donors (Lipinski definition) is 1. The molecule has 0 aromatic heterocycles. The lowest BCUT2D eigenvalue weighted by atomic mass is 10.1. The minimum atomic E-state index is -4.27. The van der Waals surface area contributed by atoms with Crippen LogP contribution >= 0.6 is 11.6 Å². The number of alkyl halides is 3. The van der Waals surface area contributed by atoms with E-state index in [1.807, 2.05) is 0 Å². The molecule has 0 bridgehead atoms. The van der Waals surface area contributed by atoms with Gasteiger partial charge in [-0.3, -0.25) is 0 Å². The van der Waals surface area contributed by atoms with E-state index in [1.54, 1.807) is 0 Å². The van der Waals surface area contributed by atoms with Crippen LogP contribution in [0, 0.1) is 0 Å². The molecule has 0 spiro atoms. The zero-order chi connectivity index (χ0) is 13.9. The van der Waals surface area contributed by atoms with Gasteiger partial charge in [0.25, 0.3) is 0 Å². The molecule has 0 saturated carbocycles. The lowest BCUT2D eigenvalue weighted by molar-refractivity contribution is -0.132. The molecule has 0 fully saturated rings. The molecule has 0 radical (unpaired) electrons. The van der Waals surface area contributed by atoms with Gasteiger partial charge in [-0.2, -0.15) is 13.2 Å². The van der Waals surface area contributed by atoms with Crippen LogP contribution in [-0.4, -0.2) is 30.8 Å². The monoisotopic (exact) mass is 281 g/mol. The van der Waals surface area contributed by atoms with Crippen molar-refractivity contribution in [2.24, 2.45) is 0 Å². The molecule has 18 heavy (non-hydrogen) atoms. The SMILES string of the molecule is CN(CCC(F)(F)F)c1ccc(Cl)cc1C(=O)O. The molecule has 0 saturated heterocycles. The van der Waals surface area contributed by atoms with Crippen LogP contribution in [0.1, 0.15) is 16.8 Å². The molecule has 0 aliphatic heterocycles. The molecule has 3 nitrogen and oxygen atoms in total. The number of carboxylic acids is 1. The summed E-state index contributed by atoms with van der Waals surface area (Å²) in [6, 6.07) is 4.04. The fourth-order valence-corrected chi connectivity index (χ4v) is 1.60. The topological polar surface area (TPSA) is 40.5 Å². The van der Waals surface area contributed by atoms with Crippen LogP contribution in [0.4, 0.5) is 18.9 Å². The van der Waals surface area contributed by atoms with Gasteiger partial charge in [0.1, 0.15) is 0 Å². The third-order valence-corrected chi connectivity index (χ3v) is 2.57. The minimum absolute atomic E-state index is 0.118. The van der Waals surface area contributed by atoms with Gasteiger partial charge in [0.05, 0.1) is 17.7 Å². The Labute approximate surface area is 107 Å². The van der Waals surface area contributed by atoms with Crippen LogP contribution < -0.4 is 4.90 Å². The third kappa shape index (κ3) is 4.10. The maximum absolute atomic E-state index is 12.1. The summed E-state index contributed by atoms with van der Waals surface area (Å²) >= 11 is 5.65. The third-order valence-electron chi connectivity index (χ3n) is 2.33. The molecule has 100 valence electrons. The molecule has 0 amide bonds. The summed E-state index contributed by atoms with van der Waals surface area (Å²) in [5.74, 6) is -1.23. The second-order valence-electron chi connectivity index (χ2n) is 3.75. The molecule has 1 N–H and O–H groups in total. The fourth-order valence-electron chi connectivity index (χ4n) is 1.43. The van der Waals surface area contributed by atoms with Crippen molar-refractivity contribution in [3.05, 3.63) is 28.8 Å². The van der Waals surface area contributed by atoms with E-state index in [9.17, 15) is 18.0 Å². The Hall–Kier alpha value is -1.43. The van der Waals surface area contributed by atoms with Crippen LogP contribution in [0.2, 0.25) is 5.02 Å². The molecule has 1 aromatic carbocycles. The van der Waals surface area contributed by atoms with Crippen molar-refractivity contribution in [1.82, 2.24) is 0 Å². The highest BCUT2D eigenvalue weighted by Crippen LogP contribution is 2.26. The van der Waals surface area contributed by atoms with Crippen molar-refractivity contribution in [2.45, 2.75) is 12.6 Å². The molecule has 0 aliphatic carbocycles. The zero-order valence-corrected chi connectivity index (χ0v) is 10.2. The Morgan fingerprint density at radius 2 is 2.06 bits per heavy atom. The summed E-state index contributed by atoms with van der Waals surface area (Å²) in [7, 11) is 1.40. The van der Waals surface area contributed by atoms with E-state index in [0.29, 0.717) is 0 Å². The van der Waals surface area contributed by atoms with Crippen molar-refractivity contribution in [3.8, 4) is 0 Å². The van der Waals surface area contributed by atoms with E-state index in [0.717, 1.165) is 0 Å². The van der Waals surface area contributed by atoms with E-state index >= 15 is 0 Å². The summed E-state index contributed by atoms with van der Waals surface area (Å²) in [6.07, 6.45) is -5.28. The van der Waals surface area contributed by atoms with E-state index in [2.05, 4.69) is 0 Å². The molecule has 1 aromatic rings. The summed E-state index contributed by atoms with van der Waals surface area (Å²) in [6.45, 7) is -0.314. The van der Waals surface area contributed by atoms with Crippen molar-refractivity contribution in [3.63, 3.8) is 0 Å². The van der Waals surface area contributed by atoms with Gasteiger partial charge < -0.3 is 10.0 Å². The van der Waals surface area contributed by atoms with Gasteiger partial charge in [0, 0.05) is 18.6 Å². The number of anilines is 1. The molecule has 0 unspecified atom stereocenters. The van der Waals surface area contributed by atoms with Gasteiger partial charge >= 0.3 is 12.1 Å². The van der Waals surface area contributed by atoms with E-state index in [-0.39, 0.29) is 22.8 Å². The van der Waals surface area contributed by atoms with Gasteiger partial charge in [-0.1, -0.05) is 11.6 Å². The van der Waals surface area contributed by atoms with Crippen LogP contribution in [0.15, 0.2) is 18.2 Å². The average Bonchev–Trinajstić information content (AvgIpc) is 2.24. The van der Waals surface area contributed by atoms with Gasteiger partial charge in [0.15, 0.2) is 0 Å². The molecule has 7 heteroatoms. The van der Waals surface area contributed by atoms with E-state index in [4.69, 9.17) is 16.7 Å². The highest BCUT2D eigenvalue weighted by molar-refractivity contribution is 6.31. The number of halogens is 4. The highest BCUT2D eigenvalue weighted by Gasteiger charge is 2.27. The zero-order valence-electron chi connectivity index (χ0n) is 9.46. The maximum Gasteiger partial charge on any atom is 0.390 e. The number of hydrogen-bond acceptors (Lipinski definition) is 2. The second kappa shape index (κ2) is 5.48. The predicted molar refractivity (Wildman–Crippen MR) is 62.4 cm³/mol. The Kier molecular flexibility index (Phi) is 4.45. The highest BCUT2D eigenvalue weighted by atomic mass is 35.5. The normalized spacial score (nSPS) is 11.4. The smallest absolute Gasteiger partial charge is 0.390 e. The first-order valence-corrected chi connectivity index (χ1v) is 5.39. The Morgan fingerprint density at radius 1 is 1.44 bits per heavy atom. The molecule has 0 atom stereocenters. The standard InChI is InChI=1S/C11H11ClF3NO2/c1-16(5-4-11(13,14)15)9-3-2-7(12)6-8(9)10(17)18/h2-3,6H,4-5H2,1H3,(H,17,18). The number of benzene rings is 1. The van der Waals surface area contributed by atoms with Gasteiger partial charge in [-0.05, 0) is 18.2 Å². The second-order valence-corrected chi connectivity index (χ2v) is 4.19. The summed E-state index contributed by atoms with van der Waals surface area (Å²) < 4.78 is 36.3. The van der Waals surface area contributed by atoms with Crippen molar-refractivity contribution < 1.29 is 23.1 Å². The van der Waals surface area contributed by atoms with E-state index in [1.165, 1.54) is 30.1 Å². The first-order valence-electron chi connectivity index (χ1n) is 5.01. The van der Waals surface area contributed by atoms with Crippen LogP contribution in [0.25, 0.3) is 0 Å². The summed E-state index contributed by atoms with van der Waals surface area (Å²) in [5, 5.41) is 9.18. The van der Waals surface area contributed by atoms with Crippen molar-refractivity contribution >= 4 is 23.3 Å². The van der Waals surface area contributed by atoms with Crippen LogP contribution in [0.3, 0.4) is 0 Å². The Balaban J connectivity index is 2.91. The van der Waals surface area contributed by atoms with Crippen LogP contribution in [-0.2, 0) is 0 Å². The molecule has 1 rings (SSSR count). The molecular weight excluding hydrogens is 271 g/mol. The lowest BCUT2D eigenvalue weighted by Gasteiger charge is -2.22. The fraction of sp³-hybridized carbons (Fsp3) is 0.364. The maximum atomic E-state index is 12.1. The first-order chi connectivity index (χ1) is 8.20. The van der Waals surface area contributed by atoms with Gasteiger partial charge in [0.2, 0.25) is 0 Å². The lowest BCUT2D eigenvalue weighted by Crippen LogP contribution is -2.25. The van der Waals surface area contributed by atoms with Crippen LogP contribution in [0.5, 0.6) is 0 Å². The van der Waals surface area contributed by atoms with Gasteiger partial charge in [-0.15, -0.1) is 0 Å². The molecular formula is C11H11ClF3NO2. The number of carbonyl (C=O) groups is 1. The molecule has 0 aliphatic rings. The number of carboxylic acid groups (broad SMARTS) is 1. The van der Waals surface area contributed by atoms with E-state index < -0.39 is 18.6 Å². The minimum Gasteiger partial charge on any atom is -0.478 e. The Bertz CT molecular complexity index is 448. The largest absolute Gasteiger partial charge is 0.478 e. The summed E-state index contributed by atoms with van der Waals surface area (Å²) in [5.41, 5.74) is 0.0864. The average molecular weight is 282 g/mol. The predicted octanol–water partition coefficient (Wildman–Crippen LogP) is 3.43. The number of nitrogens with zero attached hydrogens (tertiary/aromatic N) is 1. The summed E-state index contributed by atoms with van der Waals surface area (Å²) in [4.78, 5) is 12.2.